The van der Waals surface area contributed by atoms with Gasteiger partial charge in [0.05, 0.1) is 18.8 Å². The van der Waals surface area contributed by atoms with Crippen LogP contribution in [0.5, 0.6) is 0 Å². The summed E-state index contributed by atoms with van der Waals surface area (Å²) in [7, 11) is 2.14. The molecule has 1 heterocycles. The maximum atomic E-state index is 12.3. The van der Waals surface area contributed by atoms with Gasteiger partial charge in [-0.25, -0.2) is 5.48 Å². The molecule has 1 fully saturated rings. The van der Waals surface area contributed by atoms with Gasteiger partial charge in [0.1, 0.15) is 0 Å². The molecule has 4 N–H and O–H groups in total. The van der Waals surface area contributed by atoms with Crippen LogP contribution in [0.4, 0.5) is 0 Å². The van der Waals surface area contributed by atoms with Crippen LogP contribution in [0, 0.1) is 0 Å². The summed E-state index contributed by atoms with van der Waals surface area (Å²) in [6.45, 7) is 3.29. The highest BCUT2D eigenvalue weighted by Gasteiger charge is 2.33. The summed E-state index contributed by atoms with van der Waals surface area (Å²) in [5, 5.41) is 23.6. The third kappa shape index (κ3) is 9.50. The molecule has 0 bridgehead atoms. The number of carbonyl (C=O) groups is 2. The summed E-state index contributed by atoms with van der Waals surface area (Å²) in [4.78, 5) is 25.9. The number of amides is 2. The Morgan fingerprint density at radius 2 is 1.52 bits per heavy atom. The highest BCUT2D eigenvalue weighted by molar-refractivity contribution is 5.83. The summed E-state index contributed by atoms with van der Waals surface area (Å²) in [5.74, 6) is -0.662. The molecular formula is C43H47N3O6. The molecule has 6 rings (SSSR count). The summed E-state index contributed by atoms with van der Waals surface area (Å²) in [6, 6.07) is 39.4. The normalized spacial score (nSPS) is 17.9. The fourth-order valence-corrected chi connectivity index (χ4v) is 6.71. The van der Waals surface area contributed by atoms with E-state index in [1.54, 1.807) is 5.48 Å². The molecular weight excluding hydrogens is 654 g/mol. The molecule has 1 aliphatic heterocycles. The van der Waals surface area contributed by atoms with Crippen molar-refractivity contribution in [3.63, 3.8) is 0 Å². The van der Waals surface area contributed by atoms with Crippen LogP contribution in [0.15, 0.2) is 115 Å². The first-order valence-electron chi connectivity index (χ1n) is 17.9. The highest BCUT2D eigenvalue weighted by Crippen LogP contribution is 2.39. The van der Waals surface area contributed by atoms with Crippen molar-refractivity contribution >= 4 is 22.6 Å². The molecule has 0 aromatic heterocycles. The van der Waals surface area contributed by atoms with Gasteiger partial charge >= 0.3 is 0 Å². The second-order valence-corrected chi connectivity index (χ2v) is 13.6. The molecule has 52 heavy (non-hydrogen) atoms. The van der Waals surface area contributed by atoms with Gasteiger partial charge in [-0.15, -0.1) is 0 Å². The lowest BCUT2D eigenvalue weighted by molar-refractivity contribution is -0.253. The zero-order chi connectivity index (χ0) is 36.5. The highest BCUT2D eigenvalue weighted by atomic mass is 16.7. The van der Waals surface area contributed by atoms with Crippen LogP contribution >= 0.6 is 0 Å². The number of benzene rings is 5. The van der Waals surface area contributed by atoms with E-state index in [0.29, 0.717) is 25.9 Å². The monoisotopic (exact) mass is 701 g/mol. The van der Waals surface area contributed by atoms with Crippen molar-refractivity contribution in [2.45, 2.75) is 70.3 Å². The fourth-order valence-electron chi connectivity index (χ4n) is 6.71. The van der Waals surface area contributed by atoms with E-state index in [1.807, 2.05) is 54.6 Å². The lowest BCUT2D eigenvalue weighted by atomic mass is 9.97. The Labute approximate surface area is 305 Å². The molecule has 9 heteroatoms. The Morgan fingerprint density at radius 3 is 2.29 bits per heavy atom. The number of nitrogens with zero attached hydrogens (tertiary/aromatic N) is 1. The minimum absolute atomic E-state index is 0.0104. The van der Waals surface area contributed by atoms with Gasteiger partial charge in [0.25, 0.3) is 0 Å². The minimum atomic E-state index is -0.596. The first-order valence-corrected chi connectivity index (χ1v) is 17.9. The summed E-state index contributed by atoms with van der Waals surface area (Å²) in [5.41, 5.74) is 8.60. The summed E-state index contributed by atoms with van der Waals surface area (Å²) in [6.07, 6.45) is 0.418. The fraction of sp³-hybridized carbons (Fsp3) is 0.302. The zero-order valence-corrected chi connectivity index (χ0v) is 29.7. The van der Waals surface area contributed by atoms with E-state index in [9.17, 15) is 14.7 Å². The van der Waals surface area contributed by atoms with E-state index in [0.717, 1.165) is 33.4 Å². The first-order chi connectivity index (χ1) is 25.3. The Hall–Kier alpha value is -4.90. The summed E-state index contributed by atoms with van der Waals surface area (Å²) < 4.78 is 13.4. The van der Waals surface area contributed by atoms with Crippen molar-refractivity contribution in [2.24, 2.45) is 0 Å². The van der Waals surface area contributed by atoms with E-state index < -0.39 is 12.2 Å². The quantitative estimate of drug-likeness (QED) is 0.0698. The second kappa shape index (κ2) is 17.5. The molecule has 4 atom stereocenters. The van der Waals surface area contributed by atoms with Crippen molar-refractivity contribution in [3.8, 4) is 11.1 Å². The predicted octanol–water partition coefficient (Wildman–Crippen LogP) is 7.53. The number of aliphatic hydroxyl groups excluding tert-OH is 1. The van der Waals surface area contributed by atoms with Crippen molar-refractivity contribution < 1.29 is 29.4 Å². The number of carbonyl (C=O) groups excluding carboxylic acids is 2. The van der Waals surface area contributed by atoms with Crippen LogP contribution in [-0.2, 0) is 32.2 Å². The van der Waals surface area contributed by atoms with Gasteiger partial charge in [-0.05, 0) is 82.7 Å². The molecule has 4 unspecified atom stereocenters. The third-order valence-corrected chi connectivity index (χ3v) is 9.86. The number of hydrogen-bond acceptors (Lipinski definition) is 7. The number of nitrogens with one attached hydrogen (secondary N) is 2. The van der Waals surface area contributed by atoms with Gasteiger partial charge in [-0.1, -0.05) is 97.1 Å². The molecule has 0 saturated carbocycles. The van der Waals surface area contributed by atoms with Crippen molar-refractivity contribution in [3.05, 3.63) is 143 Å². The van der Waals surface area contributed by atoms with Crippen molar-refractivity contribution in [1.29, 1.82) is 0 Å². The number of hydrogen-bond donors (Lipinski definition) is 4. The molecule has 0 radical (unpaired) electrons. The van der Waals surface area contributed by atoms with Crippen LogP contribution in [-0.4, -0.2) is 46.7 Å². The molecule has 0 spiro atoms. The third-order valence-electron chi connectivity index (χ3n) is 9.86. The van der Waals surface area contributed by atoms with Gasteiger partial charge in [0, 0.05) is 44.0 Å². The largest absolute Gasteiger partial charge is 0.392 e. The molecule has 1 aliphatic rings. The molecule has 1 saturated heterocycles. The van der Waals surface area contributed by atoms with E-state index in [-0.39, 0.29) is 43.6 Å². The van der Waals surface area contributed by atoms with Crippen LogP contribution in [0.3, 0.4) is 0 Å². The van der Waals surface area contributed by atoms with Crippen molar-refractivity contribution in [2.75, 3.05) is 13.6 Å². The van der Waals surface area contributed by atoms with E-state index in [1.165, 1.54) is 16.3 Å². The van der Waals surface area contributed by atoms with Crippen LogP contribution < -0.4 is 10.8 Å². The van der Waals surface area contributed by atoms with E-state index in [4.69, 9.17) is 14.7 Å². The van der Waals surface area contributed by atoms with Gasteiger partial charge < -0.3 is 19.9 Å². The number of likely N-dealkylation sites (N-methyl/N-ethyl adjacent to an activating group) is 1. The summed E-state index contributed by atoms with van der Waals surface area (Å²) >= 11 is 0. The van der Waals surface area contributed by atoms with Crippen LogP contribution in [0.2, 0.25) is 0 Å². The lowest BCUT2D eigenvalue weighted by Crippen LogP contribution is -2.38. The second-order valence-electron chi connectivity index (χ2n) is 13.6. The predicted molar refractivity (Wildman–Crippen MR) is 201 cm³/mol. The number of aliphatic hydroxyl groups is 1. The topological polar surface area (TPSA) is 120 Å². The van der Waals surface area contributed by atoms with Gasteiger partial charge in [-0.2, -0.15) is 0 Å². The van der Waals surface area contributed by atoms with Gasteiger partial charge in [0.15, 0.2) is 6.29 Å². The van der Waals surface area contributed by atoms with Gasteiger partial charge in [0.2, 0.25) is 11.8 Å². The Morgan fingerprint density at radius 1 is 0.788 bits per heavy atom. The Bertz CT molecular complexity index is 1960. The smallest absolute Gasteiger partial charge is 0.243 e. The number of rotatable bonds is 14. The Balaban J connectivity index is 1.17. The maximum absolute atomic E-state index is 12.3. The van der Waals surface area contributed by atoms with E-state index in [2.05, 4.69) is 84.9 Å². The van der Waals surface area contributed by atoms with E-state index >= 15 is 0 Å². The van der Waals surface area contributed by atoms with Crippen molar-refractivity contribution in [1.82, 2.24) is 15.7 Å². The number of ether oxygens (including phenoxy) is 2. The van der Waals surface area contributed by atoms with Gasteiger partial charge in [-0.3, -0.25) is 19.7 Å². The average molecular weight is 702 g/mol. The molecule has 9 nitrogen and oxygen atoms in total. The molecule has 0 aliphatic carbocycles. The molecule has 5 aromatic carbocycles. The maximum Gasteiger partial charge on any atom is 0.243 e. The zero-order valence-electron chi connectivity index (χ0n) is 29.7. The molecule has 5 aromatic rings. The minimum Gasteiger partial charge on any atom is -0.392 e. The van der Waals surface area contributed by atoms with Crippen LogP contribution in [0.1, 0.15) is 78.9 Å². The number of hydroxylamine groups is 1. The number of fused-ring (bicyclic) bond motifs is 1. The SMILES string of the molecule is CC(c1ccc2ccccc2c1)N(C)CC1CC(c2ccc(CO)cc2)OC(c2cccc(-c3cccc(CNC(=O)CCCC(=O)NO)c3)c2)O1. The first kappa shape index (κ1) is 36.9. The average Bonchev–Trinajstić information content (AvgIpc) is 3.19. The van der Waals surface area contributed by atoms with Crippen LogP contribution in [0.25, 0.3) is 21.9 Å². The molecule has 2 amide bonds. The lowest BCUT2D eigenvalue weighted by Gasteiger charge is -2.39. The Kier molecular flexibility index (Phi) is 12.4. The molecule has 270 valence electrons. The standard InChI is InChI=1S/C43H47N3O6/c1-29(34-21-20-32-9-3-4-10-36(32)23-34)46(2)27-39-25-40(33-18-16-30(28-47)17-19-33)52-43(51-39)38-13-6-12-37(24-38)35-11-5-8-31(22-35)26-44-41(48)14-7-15-42(49)45-50/h3-6,8-13,16-24,29,39-40,43,47,50H,7,14-15,25-28H2,1-2H3,(H,44,48)(H,45,49).